The maximum Gasteiger partial charge on any atom is 0.235 e. The van der Waals surface area contributed by atoms with E-state index in [9.17, 15) is 0 Å². The summed E-state index contributed by atoms with van der Waals surface area (Å²) < 4.78 is 7.19. The first-order chi connectivity index (χ1) is 35.2. The third-order valence-electron chi connectivity index (χ3n) is 14.6. The van der Waals surface area contributed by atoms with Gasteiger partial charge in [-0.3, -0.25) is 4.57 Å². The van der Waals surface area contributed by atoms with Gasteiger partial charge >= 0.3 is 0 Å². The molecule has 0 amide bonds. The smallest absolute Gasteiger partial charge is 0.235 e. The fraction of sp³-hybridized carbons (Fsp3) is 0. The van der Waals surface area contributed by atoms with Crippen molar-refractivity contribution in [3.05, 3.63) is 249 Å². The van der Waals surface area contributed by atoms with Gasteiger partial charge in [0.1, 0.15) is 0 Å². The summed E-state index contributed by atoms with van der Waals surface area (Å²) in [6.07, 6.45) is 0. The van der Waals surface area contributed by atoms with E-state index in [-0.39, 0.29) is 0 Å². The molecule has 0 spiro atoms. The number of hydrogen-bond donors (Lipinski definition) is 0. The van der Waals surface area contributed by atoms with Gasteiger partial charge in [-0.1, -0.05) is 182 Å². The molecule has 0 aliphatic rings. The van der Waals surface area contributed by atoms with Gasteiger partial charge in [0.15, 0.2) is 0 Å². The van der Waals surface area contributed by atoms with Gasteiger partial charge < -0.3 is 9.13 Å². The molecule has 11 aromatic carbocycles. The van der Waals surface area contributed by atoms with Crippen molar-refractivity contribution in [2.24, 2.45) is 0 Å². The summed E-state index contributed by atoms with van der Waals surface area (Å²) in [5.74, 6) is 0.639. The molecule has 0 aliphatic heterocycles. The lowest BCUT2D eigenvalue weighted by molar-refractivity contribution is 1.01. The molecule has 15 rings (SSSR count). The van der Waals surface area contributed by atoms with Crippen LogP contribution >= 0.6 is 0 Å². The molecule has 0 aliphatic carbocycles. The minimum absolute atomic E-state index is 0.639. The predicted molar refractivity (Wildman–Crippen MR) is 296 cm³/mol. The Morgan fingerprint density at radius 1 is 0.268 bits per heavy atom. The normalized spacial score (nSPS) is 11.9. The summed E-state index contributed by atoms with van der Waals surface area (Å²) in [4.78, 5) is 10.8. The Balaban J connectivity index is 0.943. The van der Waals surface area contributed by atoms with Crippen LogP contribution in [0.5, 0.6) is 0 Å². The Hall–Kier alpha value is -9.58. The van der Waals surface area contributed by atoms with Crippen molar-refractivity contribution in [1.29, 1.82) is 0 Å². The zero-order valence-electron chi connectivity index (χ0n) is 38.4. The van der Waals surface area contributed by atoms with Crippen LogP contribution in [0.15, 0.2) is 249 Å². The van der Waals surface area contributed by atoms with E-state index in [1.165, 1.54) is 65.6 Å². The third-order valence-corrected chi connectivity index (χ3v) is 14.6. The predicted octanol–water partition coefficient (Wildman–Crippen LogP) is 17.1. The van der Waals surface area contributed by atoms with E-state index in [4.69, 9.17) is 9.97 Å². The summed E-state index contributed by atoms with van der Waals surface area (Å²) in [7, 11) is 0. The molecule has 0 radical (unpaired) electrons. The second kappa shape index (κ2) is 15.5. The highest BCUT2D eigenvalue weighted by molar-refractivity contribution is 6.29. The largest absolute Gasteiger partial charge is 0.309 e. The highest BCUT2D eigenvalue weighted by atomic mass is 15.2. The maximum absolute atomic E-state index is 5.48. The number of fused-ring (bicyclic) bond motifs is 12. The number of benzene rings is 11. The zero-order chi connectivity index (χ0) is 46.6. The molecule has 0 fully saturated rings. The first-order valence-electron chi connectivity index (χ1n) is 24.2. The Labute approximate surface area is 408 Å². The average molecular weight is 904 g/mol. The quantitative estimate of drug-likeness (QED) is 0.167. The van der Waals surface area contributed by atoms with Crippen molar-refractivity contribution in [2.45, 2.75) is 0 Å². The summed E-state index contributed by atoms with van der Waals surface area (Å²) in [6.45, 7) is 0. The van der Waals surface area contributed by atoms with Crippen molar-refractivity contribution in [1.82, 2.24) is 23.7 Å². The van der Waals surface area contributed by atoms with E-state index in [0.717, 1.165) is 66.4 Å². The molecule has 0 unspecified atom stereocenters. The standard InChI is InChI=1S/C66H41N5/c1-2-16-42(17-3-1)44-32-34-45(35-33-44)47-20-14-21-49(41-47)69-55-27-11-8-24-52(55)63-60(69)38-39-61-64(63)53-25-9-12-28-56(53)70(61)58-30-15-31-59-62(58)51-23-7-13-29-57(51)71(59)66-67-54-26-10-6-22-50(54)65(68-66)48-37-36-43-18-4-5-19-46(43)40-48/h1-41H. The Kier molecular flexibility index (Phi) is 8.59. The molecule has 0 N–H and O–H groups in total. The van der Waals surface area contributed by atoms with Crippen LogP contribution in [0.1, 0.15) is 0 Å². The van der Waals surface area contributed by atoms with Gasteiger partial charge in [-0.2, -0.15) is 0 Å². The molecule has 330 valence electrons. The van der Waals surface area contributed by atoms with Crippen molar-refractivity contribution in [2.75, 3.05) is 0 Å². The van der Waals surface area contributed by atoms with Gasteiger partial charge in [-0.25, -0.2) is 9.97 Å². The summed E-state index contributed by atoms with van der Waals surface area (Å²) in [6, 6.07) is 89.8. The van der Waals surface area contributed by atoms with E-state index < -0.39 is 0 Å². The van der Waals surface area contributed by atoms with Gasteiger partial charge in [-0.05, 0) is 99.8 Å². The molecule has 71 heavy (non-hydrogen) atoms. The van der Waals surface area contributed by atoms with Crippen LogP contribution in [0.4, 0.5) is 0 Å². The molecular formula is C66H41N5. The van der Waals surface area contributed by atoms with Gasteiger partial charge in [0.2, 0.25) is 5.95 Å². The molecule has 0 atom stereocenters. The van der Waals surface area contributed by atoms with Crippen LogP contribution in [-0.4, -0.2) is 23.7 Å². The SMILES string of the molecule is c1ccc(-c2ccc(-c3cccc(-n4c5ccccc5c5c6c7ccccc7n(-c7cccc8c7c7ccccc7n8-c7nc(-c8ccc9ccccc9c8)c8ccccc8n7)c6ccc54)c3)cc2)cc1. The van der Waals surface area contributed by atoms with E-state index in [1.54, 1.807) is 0 Å². The second-order valence-electron chi connectivity index (χ2n) is 18.5. The Morgan fingerprint density at radius 3 is 1.52 bits per heavy atom. The molecule has 5 heteroatoms. The van der Waals surface area contributed by atoms with Crippen LogP contribution in [0.2, 0.25) is 0 Å². The third kappa shape index (κ3) is 6.00. The lowest BCUT2D eigenvalue weighted by Crippen LogP contribution is -2.03. The van der Waals surface area contributed by atoms with Crippen molar-refractivity contribution in [3.63, 3.8) is 0 Å². The second-order valence-corrected chi connectivity index (χ2v) is 18.5. The lowest BCUT2D eigenvalue weighted by atomic mass is 10.00. The number of nitrogens with zero attached hydrogens (tertiary/aromatic N) is 5. The minimum Gasteiger partial charge on any atom is -0.309 e. The van der Waals surface area contributed by atoms with Crippen LogP contribution in [-0.2, 0) is 0 Å². The van der Waals surface area contributed by atoms with E-state index in [1.807, 2.05) is 0 Å². The Bertz CT molecular complexity index is 4630. The summed E-state index contributed by atoms with van der Waals surface area (Å²) in [5, 5.41) is 10.6. The maximum atomic E-state index is 5.48. The highest BCUT2D eigenvalue weighted by Gasteiger charge is 2.24. The fourth-order valence-electron chi connectivity index (χ4n) is 11.5. The number of rotatable bonds is 6. The van der Waals surface area contributed by atoms with Crippen LogP contribution < -0.4 is 0 Å². The minimum atomic E-state index is 0.639. The van der Waals surface area contributed by atoms with Crippen LogP contribution in [0.3, 0.4) is 0 Å². The number of aromatic nitrogens is 5. The molecule has 5 nitrogen and oxygen atoms in total. The van der Waals surface area contributed by atoms with Gasteiger partial charge in [0, 0.05) is 49.0 Å². The molecule has 0 saturated heterocycles. The summed E-state index contributed by atoms with van der Waals surface area (Å²) >= 11 is 0. The van der Waals surface area contributed by atoms with Crippen molar-refractivity contribution < 1.29 is 0 Å². The molecule has 4 heterocycles. The van der Waals surface area contributed by atoms with Gasteiger partial charge in [0.05, 0.1) is 50.0 Å². The van der Waals surface area contributed by atoms with E-state index >= 15 is 0 Å². The lowest BCUT2D eigenvalue weighted by Gasteiger charge is -2.13. The monoisotopic (exact) mass is 903 g/mol. The molecule has 4 aromatic heterocycles. The molecule has 15 aromatic rings. The first kappa shape index (κ1) is 39.4. The first-order valence-corrected chi connectivity index (χ1v) is 24.2. The molecule has 0 bridgehead atoms. The number of para-hydroxylation sites is 4. The highest BCUT2D eigenvalue weighted by Crippen LogP contribution is 2.45. The van der Waals surface area contributed by atoms with E-state index in [2.05, 4.69) is 262 Å². The number of hydrogen-bond acceptors (Lipinski definition) is 2. The van der Waals surface area contributed by atoms with Crippen molar-refractivity contribution >= 4 is 87.1 Å². The van der Waals surface area contributed by atoms with Gasteiger partial charge in [0.25, 0.3) is 0 Å². The topological polar surface area (TPSA) is 40.6 Å². The van der Waals surface area contributed by atoms with Gasteiger partial charge in [-0.15, -0.1) is 0 Å². The Morgan fingerprint density at radius 2 is 0.775 bits per heavy atom. The fourth-order valence-corrected chi connectivity index (χ4v) is 11.5. The average Bonchev–Trinajstić information content (AvgIpc) is 4.09. The van der Waals surface area contributed by atoms with Crippen molar-refractivity contribution in [3.8, 4) is 50.8 Å². The zero-order valence-corrected chi connectivity index (χ0v) is 38.4. The van der Waals surface area contributed by atoms with E-state index in [0.29, 0.717) is 5.95 Å². The summed E-state index contributed by atoms with van der Waals surface area (Å²) in [5.41, 5.74) is 16.6. The molecular weight excluding hydrogens is 863 g/mol. The van der Waals surface area contributed by atoms with Crippen LogP contribution in [0.25, 0.3) is 138 Å². The molecule has 0 saturated carbocycles. The van der Waals surface area contributed by atoms with Crippen LogP contribution in [0, 0.1) is 0 Å².